The smallest absolute Gasteiger partial charge is 0.433 e. The summed E-state index contributed by atoms with van der Waals surface area (Å²) < 4.78 is 44.5. The fourth-order valence-electron chi connectivity index (χ4n) is 2.22. The van der Waals surface area contributed by atoms with Crippen LogP contribution in [0.4, 0.5) is 13.2 Å². The summed E-state index contributed by atoms with van der Waals surface area (Å²) in [4.78, 5) is 19.6. The van der Waals surface area contributed by atoms with Gasteiger partial charge in [0.15, 0.2) is 10.9 Å². The molecule has 0 aliphatic carbocycles. The van der Waals surface area contributed by atoms with Crippen LogP contribution in [-0.2, 0) is 17.5 Å². The number of hydrogen-bond donors (Lipinski definition) is 1. The van der Waals surface area contributed by atoms with Gasteiger partial charge in [-0.15, -0.1) is 0 Å². The molecule has 5 nitrogen and oxygen atoms in total. The molecule has 2 heterocycles. The first-order valence-electron chi connectivity index (χ1n) is 8.06. The van der Waals surface area contributed by atoms with Crippen LogP contribution in [0.25, 0.3) is 11.5 Å². The van der Waals surface area contributed by atoms with Gasteiger partial charge in [0.2, 0.25) is 5.91 Å². The van der Waals surface area contributed by atoms with Crippen molar-refractivity contribution in [2.75, 3.05) is 5.75 Å². The van der Waals surface area contributed by atoms with E-state index in [1.54, 1.807) is 18.2 Å². The number of halogens is 5. The number of rotatable bonds is 6. The quantitative estimate of drug-likeness (QED) is 0.389. The van der Waals surface area contributed by atoms with Crippen LogP contribution >= 0.6 is 35.0 Å². The Balaban J connectivity index is 1.66. The lowest BCUT2D eigenvalue weighted by atomic mass is 10.2. The normalized spacial score (nSPS) is 11.5. The van der Waals surface area contributed by atoms with E-state index < -0.39 is 17.8 Å². The summed E-state index contributed by atoms with van der Waals surface area (Å²) >= 11 is 12.5. The molecule has 0 radical (unpaired) electrons. The van der Waals surface area contributed by atoms with Gasteiger partial charge < -0.3 is 9.73 Å². The topological polar surface area (TPSA) is 68.0 Å². The minimum Gasteiger partial charge on any atom is -0.463 e. The molecule has 1 N–H and O–H groups in total. The molecule has 1 aromatic carbocycles. The Morgan fingerprint density at radius 1 is 1.14 bits per heavy atom. The first kappa shape index (κ1) is 21.5. The van der Waals surface area contributed by atoms with Crippen LogP contribution in [0.5, 0.6) is 0 Å². The van der Waals surface area contributed by atoms with Gasteiger partial charge in [0.05, 0.1) is 22.1 Å². The fourth-order valence-corrected chi connectivity index (χ4v) is 3.23. The van der Waals surface area contributed by atoms with E-state index in [0.717, 1.165) is 23.4 Å². The second-order valence-corrected chi connectivity index (χ2v) is 7.47. The molecule has 1 amide bonds. The highest BCUT2D eigenvalue weighted by molar-refractivity contribution is 7.99. The van der Waals surface area contributed by atoms with Crippen molar-refractivity contribution in [3.63, 3.8) is 0 Å². The van der Waals surface area contributed by atoms with Gasteiger partial charge in [-0.05, 0) is 35.9 Å². The second kappa shape index (κ2) is 9.06. The predicted octanol–water partition coefficient (Wildman–Crippen LogP) is 5.47. The monoisotopic (exact) mass is 461 g/mol. The zero-order valence-corrected chi connectivity index (χ0v) is 16.8. The number of benzene rings is 1. The van der Waals surface area contributed by atoms with Gasteiger partial charge in [-0.3, -0.25) is 4.79 Å². The Morgan fingerprint density at radius 2 is 1.93 bits per heavy atom. The van der Waals surface area contributed by atoms with E-state index in [9.17, 15) is 18.0 Å². The number of hydrogen-bond acceptors (Lipinski definition) is 5. The van der Waals surface area contributed by atoms with Crippen molar-refractivity contribution in [3.05, 3.63) is 64.0 Å². The van der Waals surface area contributed by atoms with Crippen LogP contribution in [-0.4, -0.2) is 21.6 Å². The molecule has 0 unspecified atom stereocenters. The number of nitrogens with zero attached hydrogens (tertiary/aromatic N) is 2. The molecule has 0 atom stereocenters. The lowest BCUT2D eigenvalue weighted by molar-refractivity contribution is -0.141. The largest absolute Gasteiger partial charge is 0.463 e. The average Bonchev–Trinajstić information content (AvgIpc) is 3.21. The Kier molecular flexibility index (Phi) is 6.71. The van der Waals surface area contributed by atoms with Gasteiger partial charge in [-0.25, -0.2) is 9.97 Å². The lowest BCUT2D eigenvalue weighted by Crippen LogP contribution is -2.24. The Morgan fingerprint density at radius 3 is 2.59 bits per heavy atom. The van der Waals surface area contributed by atoms with E-state index in [0.29, 0.717) is 10.0 Å². The summed E-state index contributed by atoms with van der Waals surface area (Å²) in [6, 6.07) is 8.74. The highest BCUT2D eigenvalue weighted by Crippen LogP contribution is 2.32. The van der Waals surface area contributed by atoms with Crippen molar-refractivity contribution in [1.29, 1.82) is 0 Å². The predicted molar refractivity (Wildman–Crippen MR) is 104 cm³/mol. The number of carbonyl (C=O) groups excluding carboxylic acids is 1. The van der Waals surface area contributed by atoms with Crippen LogP contribution in [0.3, 0.4) is 0 Å². The molecule has 0 aliphatic heterocycles. The minimum absolute atomic E-state index is 0.0176. The molecule has 0 fully saturated rings. The Bertz CT molecular complexity index is 1010. The van der Waals surface area contributed by atoms with Gasteiger partial charge in [-0.2, -0.15) is 13.2 Å². The maximum Gasteiger partial charge on any atom is 0.433 e. The van der Waals surface area contributed by atoms with E-state index in [4.69, 9.17) is 27.6 Å². The summed E-state index contributed by atoms with van der Waals surface area (Å²) in [5.41, 5.74) is -0.401. The molecule has 3 rings (SSSR count). The van der Waals surface area contributed by atoms with Crippen LogP contribution in [0.15, 0.2) is 52.2 Å². The van der Waals surface area contributed by atoms with Crippen molar-refractivity contribution >= 4 is 40.9 Å². The summed E-state index contributed by atoms with van der Waals surface area (Å²) in [5.74, 6) is -0.398. The van der Waals surface area contributed by atoms with Crippen molar-refractivity contribution in [1.82, 2.24) is 15.3 Å². The van der Waals surface area contributed by atoms with E-state index >= 15 is 0 Å². The lowest BCUT2D eigenvalue weighted by Gasteiger charge is -2.10. The van der Waals surface area contributed by atoms with Gasteiger partial charge >= 0.3 is 6.18 Å². The van der Waals surface area contributed by atoms with Crippen LogP contribution in [0, 0.1) is 0 Å². The highest BCUT2D eigenvalue weighted by atomic mass is 35.5. The molecule has 0 saturated heterocycles. The average molecular weight is 462 g/mol. The molecular weight excluding hydrogens is 450 g/mol. The number of carbonyl (C=O) groups is 1. The molecule has 29 heavy (non-hydrogen) atoms. The van der Waals surface area contributed by atoms with Crippen LogP contribution in [0.1, 0.15) is 11.3 Å². The molecular formula is C18H12Cl2F3N3O2S. The molecule has 0 spiro atoms. The number of alkyl halides is 3. The van der Waals surface area contributed by atoms with Gasteiger partial charge in [-0.1, -0.05) is 41.0 Å². The third-order valence-corrected chi connectivity index (χ3v) is 5.16. The standard InChI is InChI=1S/C18H12Cl2F3N3O2S/c19-11-4-3-10(6-12(11)20)8-24-16(27)9-29-17-25-13(14-2-1-5-28-14)7-15(26-17)18(21,22)23/h1-7H,8-9H2,(H,24,27). The zero-order chi connectivity index (χ0) is 21.0. The molecule has 0 bridgehead atoms. The number of aromatic nitrogens is 2. The van der Waals surface area contributed by atoms with Gasteiger partial charge in [0, 0.05) is 6.54 Å². The summed E-state index contributed by atoms with van der Waals surface area (Å²) in [7, 11) is 0. The Labute approximate surface area is 177 Å². The summed E-state index contributed by atoms with van der Waals surface area (Å²) in [5, 5.41) is 3.21. The van der Waals surface area contributed by atoms with Crippen molar-refractivity contribution < 1.29 is 22.4 Å². The van der Waals surface area contributed by atoms with E-state index in [1.165, 1.54) is 18.4 Å². The number of amides is 1. The van der Waals surface area contributed by atoms with Crippen LogP contribution in [0.2, 0.25) is 10.0 Å². The van der Waals surface area contributed by atoms with Crippen LogP contribution < -0.4 is 5.32 Å². The molecule has 3 aromatic rings. The SMILES string of the molecule is O=C(CSc1nc(-c2ccco2)cc(C(F)(F)F)n1)NCc1ccc(Cl)c(Cl)c1. The Hall–Kier alpha value is -2.23. The van der Waals surface area contributed by atoms with Crippen molar-refractivity contribution in [2.45, 2.75) is 17.9 Å². The maximum absolute atomic E-state index is 13.1. The molecule has 0 saturated carbocycles. The van der Waals surface area contributed by atoms with E-state index in [-0.39, 0.29) is 28.9 Å². The van der Waals surface area contributed by atoms with Gasteiger partial charge in [0.1, 0.15) is 11.4 Å². The molecule has 152 valence electrons. The van der Waals surface area contributed by atoms with E-state index in [2.05, 4.69) is 15.3 Å². The second-order valence-electron chi connectivity index (χ2n) is 5.71. The first-order valence-corrected chi connectivity index (χ1v) is 9.80. The van der Waals surface area contributed by atoms with E-state index in [1.807, 2.05) is 0 Å². The summed E-state index contributed by atoms with van der Waals surface area (Å²) in [6.45, 7) is 0.192. The molecule has 11 heteroatoms. The third-order valence-electron chi connectivity index (χ3n) is 3.58. The minimum atomic E-state index is -4.66. The number of thioether (sulfide) groups is 1. The number of furan rings is 1. The summed E-state index contributed by atoms with van der Waals surface area (Å²) in [6.07, 6.45) is -3.33. The van der Waals surface area contributed by atoms with Crippen molar-refractivity contribution in [2.24, 2.45) is 0 Å². The highest BCUT2D eigenvalue weighted by Gasteiger charge is 2.34. The third kappa shape index (κ3) is 5.88. The molecule has 0 aliphatic rings. The molecule has 2 aromatic heterocycles. The fraction of sp³-hybridized carbons (Fsp3) is 0.167. The maximum atomic E-state index is 13.1. The van der Waals surface area contributed by atoms with Crippen molar-refractivity contribution in [3.8, 4) is 11.5 Å². The number of nitrogens with one attached hydrogen (secondary N) is 1. The zero-order valence-electron chi connectivity index (χ0n) is 14.5. The van der Waals surface area contributed by atoms with Gasteiger partial charge in [0.25, 0.3) is 0 Å². The first-order chi connectivity index (χ1) is 13.7.